The molecule has 3 rings (SSSR count). The lowest BCUT2D eigenvalue weighted by molar-refractivity contribution is -0.181. The third-order valence-electron chi connectivity index (χ3n) is 4.07. The molecule has 2 aliphatic rings. The van der Waals surface area contributed by atoms with E-state index >= 15 is 0 Å². The Morgan fingerprint density at radius 1 is 1.17 bits per heavy atom. The fourth-order valence-electron chi connectivity index (χ4n) is 2.81. The molecule has 2 fully saturated rings. The summed E-state index contributed by atoms with van der Waals surface area (Å²) in [5, 5.41) is 2.51. The van der Waals surface area contributed by atoms with Crippen LogP contribution in [0.15, 0.2) is 24.3 Å². The van der Waals surface area contributed by atoms with Crippen molar-refractivity contribution >= 4 is 11.7 Å². The molecule has 2 amide bonds. The maximum Gasteiger partial charge on any atom is 0.416 e. The topological polar surface area (TPSA) is 50.8 Å². The number of nitrogens with one attached hydrogen (secondary N) is 1. The molecular weight excluding hydrogens is 313 g/mol. The molecule has 0 bridgehead atoms. The summed E-state index contributed by atoms with van der Waals surface area (Å²) in [5.74, 6) is -0.590. The highest BCUT2D eigenvalue weighted by molar-refractivity contribution is 5.89. The van der Waals surface area contributed by atoms with Crippen LogP contribution in [0.2, 0.25) is 0 Å². The predicted molar refractivity (Wildman–Crippen MR) is 75.9 cm³/mol. The molecule has 1 aromatic carbocycles. The first-order valence-electron chi connectivity index (χ1n) is 7.39. The minimum atomic E-state index is -4.44. The van der Waals surface area contributed by atoms with Crippen LogP contribution in [-0.2, 0) is 15.7 Å². The number of likely N-dealkylation sites (tertiary alicyclic amines) is 1. The summed E-state index contributed by atoms with van der Waals surface area (Å²) < 4.78 is 49.2. The largest absolute Gasteiger partial charge is 0.416 e. The van der Waals surface area contributed by atoms with Gasteiger partial charge in [-0.3, -0.25) is 0 Å². The Labute approximate surface area is 131 Å². The van der Waals surface area contributed by atoms with Crippen LogP contribution in [0.1, 0.15) is 18.4 Å². The summed E-state index contributed by atoms with van der Waals surface area (Å²) in [6, 6.07) is 4.17. The molecule has 0 unspecified atom stereocenters. The molecule has 0 atom stereocenters. The zero-order valence-electron chi connectivity index (χ0n) is 12.4. The van der Waals surface area contributed by atoms with Crippen LogP contribution in [-0.4, -0.2) is 43.0 Å². The zero-order valence-corrected chi connectivity index (χ0v) is 12.4. The number of amides is 2. The highest BCUT2D eigenvalue weighted by Crippen LogP contribution is 2.32. The number of anilines is 1. The van der Waals surface area contributed by atoms with Crippen LogP contribution in [0, 0.1) is 0 Å². The smallest absolute Gasteiger partial charge is 0.347 e. The SMILES string of the molecule is O=C(Nc1cccc(C(F)(F)F)c1)N1CCC2(CC1)OCCO2. The third-order valence-corrected chi connectivity index (χ3v) is 4.07. The standard InChI is InChI=1S/C15H17F3N2O3/c16-15(17,18)11-2-1-3-12(10-11)19-13(21)20-6-4-14(5-7-20)22-8-9-23-14/h1-3,10H,4-9H2,(H,19,21). The highest BCUT2D eigenvalue weighted by atomic mass is 19.4. The van der Waals surface area contributed by atoms with Gasteiger partial charge in [0.25, 0.3) is 0 Å². The van der Waals surface area contributed by atoms with Gasteiger partial charge in [0, 0.05) is 31.6 Å². The summed E-state index contributed by atoms with van der Waals surface area (Å²) >= 11 is 0. The molecule has 5 nitrogen and oxygen atoms in total. The second-order valence-electron chi connectivity index (χ2n) is 5.60. The molecule has 2 saturated heterocycles. The van der Waals surface area contributed by atoms with Crippen LogP contribution < -0.4 is 5.32 Å². The second-order valence-corrected chi connectivity index (χ2v) is 5.60. The van der Waals surface area contributed by atoms with Crippen LogP contribution in [0.3, 0.4) is 0 Å². The van der Waals surface area contributed by atoms with Gasteiger partial charge in [-0.05, 0) is 18.2 Å². The van der Waals surface area contributed by atoms with Gasteiger partial charge in [-0.15, -0.1) is 0 Å². The molecule has 23 heavy (non-hydrogen) atoms. The van der Waals surface area contributed by atoms with Gasteiger partial charge in [-0.2, -0.15) is 13.2 Å². The lowest BCUT2D eigenvalue weighted by atomic mass is 10.0. The highest BCUT2D eigenvalue weighted by Gasteiger charge is 2.40. The van der Waals surface area contributed by atoms with Gasteiger partial charge in [0.1, 0.15) is 0 Å². The molecular formula is C15H17F3N2O3. The van der Waals surface area contributed by atoms with E-state index in [4.69, 9.17) is 9.47 Å². The second kappa shape index (κ2) is 6.01. The van der Waals surface area contributed by atoms with E-state index in [0.717, 1.165) is 12.1 Å². The fourth-order valence-corrected chi connectivity index (χ4v) is 2.81. The zero-order chi connectivity index (χ0) is 16.5. The van der Waals surface area contributed by atoms with Crippen molar-refractivity contribution in [3.8, 4) is 0 Å². The van der Waals surface area contributed by atoms with E-state index in [9.17, 15) is 18.0 Å². The number of alkyl halides is 3. The number of ether oxygens (including phenoxy) is 2. The molecule has 1 aromatic rings. The van der Waals surface area contributed by atoms with Gasteiger partial charge in [-0.25, -0.2) is 4.79 Å². The maximum absolute atomic E-state index is 12.7. The van der Waals surface area contributed by atoms with E-state index in [-0.39, 0.29) is 5.69 Å². The lowest BCUT2D eigenvalue weighted by Crippen LogP contribution is -2.48. The summed E-state index contributed by atoms with van der Waals surface area (Å²) in [7, 11) is 0. The Hall–Kier alpha value is -1.80. The Bertz CT molecular complexity index is 576. The van der Waals surface area contributed by atoms with Gasteiger partial charge < -0.3 is 19.7 Å². The van der Waals surface area contributed by atoms with E-state index in [0.29, 0.717) is 39.1 Å². The molecule has 0 aliphatic carbocycles. The minimum absolute atomic E-state index is 0.124. The molecule has 126 valence electrons. The number of piperidine rings is 1. The first kappa shape index (κ1) is 16.1. The van der Waals surface area contributed by atoms with Crippen molar-refractivity contribution in [2.24, 2.45) is 0 Å². The average molecular weight is 330 g/mol. The molecule has 1 spiro atoms. The number of nitrogens with zero attached hydrogens (tertiary/aromatic N) is 1. The van der Waals surface area contributed by atoms with E-state index in [2.05, 4.69) is 5.32 Å². The van der Waals surface area contributed by atoms with Gasteiger partial charge >= 0.3 is 12.2 Å². The van der Waals surface area contributed by atoms with Crippen LogP contribution in [0.25, 0.3) is 0 Å². The Kier molecular flexibility index (Phi) is 4.20. The normalized spacial score (nSPS) is 20.7. The van der Waals surface area contributed by atoms with E-state index in [1.165, 1.54) is 12.1 Å². The summed E-state index contributed by atoms with van der Waals surface area (Å²) in [6.45, 7) is 1.97. The minimum Gasteiger partial charge on any atom is -0.347 e. The number of hydrogen-bond acceptors (Lipinski definition) is 3. The van der Waals surface area contributed by atoms with Crippen LogP contribution in [0.5, 0.6) is 0 Å². The number of carbonyl (C=O) groups excluding carboxylic acids is 1. The number of halogens is 3. The van der Waals surface area contributed by atoms with Crippen molar-refractivity contribution in [3.05, 3.63) is 29.8 Å². The number of urea groups is 1. The van der Waals surface area contributed by atoms with Crippen molar-refractivity contribution in [1.82, 2.24) is 4.90 Å². The lowest BCUT2D eigenvalue weighted by Gasteiger charge is -2.37. The molecule has 0 radical (unpaired) electrons. The molecule has 0 saturated carbocycles. The Morgan fingerprint density at radius 3 is 2.43 bits per heavy atom. The van der Waals surface area contributed by atoms with Crippen molar-refractivity contribution < 1.29 is 27.4 Å². The maximum atomic E-state index is 12.7. The number of carbonyl (C=O) groups is 1. The van der Waals surface area contributed by atoms with Crippen molar-refractivity contribution in [2.45, 2.75) is 24.8 Å². The Balaban J connectivity index is 1.60. The molecule has 0 aromatic heterocycles. The van der Waals surface area contributed by atoms with E-state index in [1.54, 1.807) is 4.90 Å². The Morgan fingerprint density at radius 2 is 1.83 bits per heavy atom. The van der Waals surface area contributed by atoms with Crippen LogP contribution >= 0.6 is 0 Å². The average Bonchev–Trinajstić information content (AvgIpc) is 2.95. The third kappa shape index (κ3) is 3.59. The molecule has 2 heterocycles. The van der Waals surface area contributed by atoms with Crippen molar-refractivity contribution in [1.29, 1.82) is 0 Å². The molecule has 1 N–H and O–H groups in total. The van der Waals surface area contributed by atoms with Gasteiger partial charge in [-0.1, -0.05) is 6.07 Å². The number of rotatable bonds is 1. The van der Waals surface area contributed by atoms with Gasteiger partial charge in [0.05, 0.1) is 18.8 Å². The monoisotopic (exact) mass is 330 g/mol. The van der Waals surface area contributed by atoms with Crippen molar-refractivity contribution in [3.63, 3.8) is 0 Å². The van der Waals surface area contributed by atoms with Crippen molar-refractivity contribution in [2.75, 3.05) is 31.6 Å². The van der Waals surface area contributed by atoms with E-state index < -0.39 is 23.6 Å². The molecule has 8 heteroatoms. The predicted octanol–water partition coefficient (Wildman–Crippen LogP) is 3.08. The van der Waals surface area contributed by atoms with Gasteiger partial charge in [0.15, 0.2) is 5.79 Å². The van der Waals surface area contributed by atoms with Crippen LogP contribution in [0.4, 0.5) is 23.7 Å². The van der Waals surface area contributed by atoms with E-state index in [1.807, 2.05) is 0 Å². The molecule has 2 aliphatic heterocycles. The first-order valence-corrected chi connectivity index (χ1v) is 7.39. The quantitative estimate of drug-likeness (QED) is 0.861. The fraction of sp³-hybridized carbons (Fsp3) is 0.533. The summed E-state index contributed by atoms with van der Waals surface area (Å²) in [6.07, 6.45) is -3.32. The first-order chi connectivity index (χ1) is 10.9. The summed E-state index contributed by atoms with van der Waals surface area (Å²) in [4.78, 5) is 13.7. The summed E-state index contributed by atoms with van der Waals surface area (Å²) in [5.41, 5.74) is -0.667. The number of benzene rings is 1. The number of hydrogen-bond donors (Lipinski definition) is 1. The van der Waals surface area contributed by atoms with Gasteiger partial charge in [0.2, 0.25) is 0 Å².